The van der Waals surface area contributed by atoms with Gasteiger partial charge in [0.25, 0.3) is 0 Å². The quantitative estimate of drug-likeness (QED) is 0.698. The molecule has 21 heavy (non-hydrogen) atoms. The molecule has 0 amide bonds. The second-order valence-corrected chi connectivity index (χ2v) is 5.42. The first kappa shape index (κ1) is 12.4. The van der Waals surface area contributed by atoms with Crippen LogP contribution in [0.5, 0.6) is 0 Å². The molecule has 0 N–H and O–H groups in total. The lowest BCUT2D eigenvalue weighted by molar-refractivity contribution is 0.730. The van der Waals surface area contributed by atoms with Gasteiger partial charge in [-0.15, -0.1) is 0 Å². The Labute approximate surface area is 127 Å². The maximum absolute atomic E-state index is 7.99. The zero-order valence-corrected chi connectivity index (χ0v) is 12.7. The van der Waals surface area contributed by atoms with Crippen LogP contribution in [0.4, 0.5) is 0 Å². The first-order valence-electron chi connectivity index (χ1n) is 7.70. The van der Waals surface area contributed by atoms with E-state index < -0.39 is 0 Å². The van der Waals surface area contributed by atoms with Crippen molar-refractivity contribution in [2.24, 2.45) is 7.05 Å². The summed E-state index contributed by atoms with van der Waals surface area (Å²) >= 11 is 0. The fourth-order valence-corrected chi connectivity index (χ4v) is 2.65. The average molecular weight is 277 g/mol. The van der Waals surface area contributed by atoms with Crippen LogP contribution >= 0.6 is 0 Å². The number of rotatable bonds is 3. The molecule has 0 spiro atoms. The van der Waals surface area contributed by atoms with E-state index in [1.54, 1.807) is 0 Å². The van der Waals surface area contributed by atoms with Crippen molar-refractivity contribution in [2.75, 3.05) is 0 Å². The Balaban J connectivity index is 1.87. The van der Waals surface area contributed by atoms with Gasteiger partial charge in [0.1, 0.15) is 0 Å². The minimum absolute atomic E-state index is 0.564. The summed E-state index contributed by atoms with van der Waals surface area (Å²) in [6, 6.07) is 16.7. The maximum Gasteiger partial charge on any atom is 0.0631 e. The number of aromatic nitrogens is 2. The molecule has 0 saturated heterocycles. The standard InChI is InChI=1S/C19H20N2/c1-14-19(15(2)21(3)20-14)13-16-9-11-18(12-10-16)17-7-5-4-6-8-17/h4-12H,13H2,1-3H3/i7D. The Morgan fingerprint density at radius 3 is 2.38 bits per heavy atom. The third-order valence-corrected chi connectivity index (χ3v) is 4.01. The Bertz CT molecular complexity index is 801. The highest BCUT2D eigenvalue weighted by atomic mass is 15.3. The van der Waals surface area contributed by atoms with Crippen LogP contribution in [0.15, 0.2) is 54.6 Å². The van der Waals surface area contributed by atoms with Crippen molar-refractivity contribution in [1.82, 2.24) is 9.78 Å². The molecule has 0 atom stereocenters. The van der Waals surface area contributed by atoms with Gasteiger partial charge >= 0.3 is 0 Å². The molecule has 0 radical (unpaired) electrons. The van der Waals surface area contributed by atoms with E-state index in [-0.39, 0.29) is 0 Å². The van der Waals surface area contributed by atoms with E-state index in [1.807, 2.05) is 36.0 Å². The molecule has 2 heteroatoms. The van der Waals surface area contributed by atoms with Gasteiger partial charge in [-0.25, -0.2) is 0 Å². The molecule has 0 aliphatic carbocycles. The van der Waals surface area contributed by atoms with E-state index in [0.29, 0.717) is 6.04 Å². The first-order chi connectivity index (χ1) is 10.6. The third kappa shape index (κ3) is 2.75. The minimum atomic E-state index is 0.564. The lowest BCUT2D eigenvalue weighted by Gasteiger charge is -2.05. The third-order valence-electron chi connectivity index (χ3n) is 4.01. The Hall–Kier alpha value is -2.35. The molecule has 3 aromatic rings. The molecular weight excluding hydrogens is 256 g/mol. The van der Waals surface area contributed by atoms with Crippen LogP contribution < -0.4 is 0 Å². The van der Waals surface area contributed by atoms with E-state index in [1.165, 1.54) is 16.8 Å². The van der Waals surface area contributed by atoms with Crippen LogP contribution in [0.3, 0.4) is 0 Å². The van der Waals surface area contributed by atoms with Gasteiger partial charge in [-0.3, -0.25) is 4.68 Å². The Morgan fingerprint density at radius 2 is 1.76 bits per heavy atom. The second-order valence-electron chi connectivity index (χ2n) is 5.42. The van der Waals surface area contributed by atoms with Crippen LogP contribution in [0.1, 0.15) is 23.9 Å². The summed E-state index contributed by atoms with van der Waals surface area (Å²) in [5.74, 6) is 0. The SMILES string of the molecule is [2H]c1ccccc1-c1ccc(Cc2c(C)nn(C)c2C)cc1. The summed E-state index contributed by atoms with van der Waals surface area (Å²) < 4.78 is 9.93. The van der Waals surface area contributed by atoms with Crippen LogP contribution in [0.2, 0.25) is 0 Å². The maximum atomic E-state index is 7.99. The van der Waals surface area contributed by atoms with Crippen molar-refractivity contribution in [3.05, 3.63) is 77.1 Å². The van der Waals surface area contributed by atoms with E-state index in [2.05, 4.69) is 43.2 Å². The van der Waals surface area contributed by atoms with Gasteiger partial charge in [0.2, 0.25) is 0 Å². The van der Waals surface area contributed by atoms with Gasteiger partial charge in [-0.2, -0.15) is 5.10 Å². The number of benzene rings is 2. The number of hydrogen-bond acceptors (Lipinski definition) is 1. The lowest BCUT2D eigenvalue weighted by atomic mass is 9.99. The largest absolute Gasteiger partial charge is 0.272 e. The van der Waals surface area contributed by atoms with Gasteiger partial charge in [-0.05, 0) is 30.5 Å². The molecule has 0 fully saturated rings. The molecule has 106 valence electrons. The number of nitrogens with zero attached hydrogens (tertiary/aromatic N) is 2. The monoisotopic (exact) mass is 277 g/mol. The fourth-order valence-electron chi connectivity index (χ4n) is 2.65. The lowest BCUT2D eigenvalue weighted by Crippen LogP contribution is -1.95. The summed E-state index contributed by atoms with van der Waals surface area (Å²) in [6.07, 6.45) is 0.897. The van der Waals surface area contributed by atoms with Crippen molar-refractivity contribution in [2.45, 2.75) is 20.3 Å². The molecular formula is C19H20N2. The van der Waals surface area contributed by atoms with Crippen LogP contribution in [-0.2, 0) is 13.5 Å². The van der Waals surface area contributed by atoms with Crippen molar-refractivity contribution >= 4 is 0 Å². The highest BCUT2D eigenvalue weighted by molar-refractivity contribution is 5.63. The molecule has 1 aromatic heterocycles. The normalized spacial score (nSPS) is 11.5. The second kappa shape index (κ2) is 5.57. The molecule has 0 saturated carbocycles. The highest BCUT2D eigenvalue weighted by Crippen LogP contribution is 2.22. The summed E-state index contributed by atoms with van der Waals surface area (Å²) in [5, 5.41) is 4.48. The Morgan fingerprint density at radius 1 is 1.00 bits per heavy atom. The van der Waals surface area contributed by atoms with E-state index >= 15 is 0 Å². The summed E-state index contributed by atoms with van der Waals surface area (Å²) in [6.45, 7) is 4.17. The number of aryl methyl sites for hydroxylation is 2. The molecule has 0 bridgehead atoms. The summed E-state index contributed by atoms with van der Waals surface area (Å²) in [5.41, 5.74) is 6.96. The van der Waals surface area contributed by atoms with Crippen molar-refractivity contribution in [1.29, 1.82) is 0 Å². The van der Waals surface area contributed by atoms with E-state index in [9.17, 15) is 0 Å². The van der Waals surface area contributed by atoms with Gasteiger partial charge < -0.3 is 0 Å². The molecule has 0 aliphatic heterocycles. The smallest absolute Gasteiger partial charge is 0.0631 e. The van der Waals surface area contributed by atoms with Crippen molar-refractivity contribution in [3.8, 4) is 11.1 Å². The van der Waals surface area contributed by atoms with Gasteiger partial charge in [0.15, 0.2) is 0 Å². The molecule has 3 rings (SSSR count). The predicted octanol–water partition coefficient (Wildman–Crippen LogP) is 4.29. The average Bonchev–Trinajstić information content (AvgIpc) is 2.75. The molecule has 2 aromatic carbocycles. The van der Waals surface area contributed by atoms with Gasteiger partial charge in [0, 0.05) is 24.7 Å². The fraction of sp³-hybridized carbons (Fsp3) is 0.211. The van der Waals surface area contributed by atoms with Crippen LogP contribution in [0.25, 0.3) is 11.1 Å². The van der Waals surface area contributed by atoms with Gasteiger partial charge in [0.05, 0.1) is 7.06 Å². The van der Waals surface area contributed by atoms with Crippen molar-refractivity contribution in [3.63, 3.8) is 0 Å². The minimum Gasteiger partial charge on any atom is -0.272 e. The molecule has 2 nitrogen and oxygen atoms in total. The zero-order chi connectivity index (χ0) is 15.7. The van der Waals surface area contributed by atoms with Crippen LogP contribution in [0, 0.1) is 13.8 Å². The van der Waals surface area contributed by atoms with Crippen molar-refractivity contribution < 1.29 is 1.37 Å². The topological polar surface area (TPSA) is 17.8 Å². The molecule has 0 unspecified atom stereocenters. The zero-order valence-electron chi connectivity index (χ0n) is 13.7. The predicted molar refractivity (Wildman–Crippen MR) is 87.4 cm³/mol. The molecule has 0 aliphatic rings. The van der Waals surface area contributed by atoms with E-state index in [4.69, 9.17) is 1.37 Å². The van der Waals surface area contributed by atoms with E-state index in [0.717, 1.165) is 23.2 Å². The van der Waals surface area contributed by atoms with Crippen LogP contribution in [-0.4, -0.2) is 9.78 Å². The summed E-state index contributed by atoms with van der Waals surface area (Å²) in [7, 11) is 1.99. The summed E-state index contributed by atoms with van der Waals surface area (Å²) in [4.78, 5) is 0. The highest BCUT2D eigenvalue weighted by Gasteiger charge is 2.09. The first-order valence-corrected chi connectivity index (χ1v) is 7.20. The number of hydrogen-bond donors (Lipinski definition) is 0. The van der Waals surface area contributed by atoms with Gasteiger partial charge in [-0.1, -0.05) is 54.6 Å². The Kier molecular flexibility index (Phi) is 3.29. The molecule has 1 heterocycles.